The Bertz CT molecular complexity index is 795. The summed E-state index contributed by atoms with van der Waals surface area (Å²) in [5.41, 5.74) is -2.21. The Balaban J connectivity index is 0.000000251. The molecule has 0 saturated heterocycles. The van der Waals surface area contributed by atoms with Crippen molar-refractivity contribution >= 4 is 17.3 Å². The van der Waals surface area contributed by atoms with E-state index in [1.54, 1.807) is 0 Å². The van der Waals surface area contributed by atoms with E-state index in [0.717, 1.165) is 24.3 Å². The minimum absolute atomic E-state index is 0.0656. The Morgan fingerprint density at radius 2 is 1.44 bits per heavy atom. The molecule has 0 heterocycles. The van der Waals surface area contributed by atoms with Crippen molar-refractivity contribution in [3.05, 3.63) is 79.4 Å². The standard InChI is InChI=1S/C7H4FNO4.C7H6FNO3/c8-6-4(7(10)11)2-1-3-5(6)9(12)13;8-7-5(4-10)2-1-3-6(7)9(11)12/h1-3H,(H,10,11);1-3,10H,4H2. The first-order chi connectivity index (χ1) is 11.7. The van der Waals surface area contributed by atoms with Crippen LogP contribution < -0.4 is 0 Å². The smallest absolute Gasteiger partial charge is 0.338 e. The number of hydrogen-bond donors (Lipinski definition) is 2. The quantitative estimate of drug-likeness (QED) is 0.633. The number of nitro groups is 2. The van der Waals surface area contributed by atoms with Crippen LogP contribution in [-0.4, -0.2) is 26.0 Å². The predicted octanol–water partition coefficient (Wildman–Crippen LogP) is 2.66. The first-order valence-electron chi connectivity index (χ1n) is 6.39. The first kappa shape index (κ1) is 19.6. The van der Waals surface area contributed by atoms with Crippen LogP contribution in [-0.2, 0) is 6.61 Å². The largest absolute Gasteiger partial charge is 0.478 e. The molecule has 0 spiro atoms. The molecule has 0 amide bonds. The Labute approximate surface area is 138 Å². The SMILES string of the molecule is O=C(O)c1cccc([N+](=O)[O-])c1F.O=[N+]([O-])c1cccc(CO)c1F. The van der Waals surface area contributed by atoms with Crippen LogP contribution >= 0.6 is 0 Å². The minimum atomic E-state index is -1.53. The van der Waals surface area contributed by atoms with E-state index in [1.165, 1.54) is 12.1 Å². The van der Waals surface area contributed by atoms with E-state index >= 15 is 0 Å². The fourth-order valence-corrected chi connectivity index (χ4v) is 1.66. The Kier molecular flexibility index (Phi) is 6.58. The van der Waals surface area contributed by atoms with Gasteiger partial charge in [0.05, 0.1) is 16.5 Å². The molecule has 0 aliphatic carbocycles. The number of aliphatic hydroxyl groups is 1. The van der Waals surface area contributed by atoms with Crippen LogP contribution in [0.2, 0.25) is 0 Å². The summed E-state index contributed by atoms with van der Waals surface area (Å²) in [7, 11) is 0. The van der Waals surface area contributed by atoms with Crippen LogP contribution in [0.4, 0.5) is 20.2 Å². The second-order valence-corrected chi connectivity index (χ2v) is 4.37. The molecule has 0 fully saturated rings. The molecular formula is C14H10F2N2O7. The molecule has 0 bridgehead atoms. The third-order valence-corrected chi connectivity index (χ3v) is 2.83. The zero-order valence-electron chi connectivity index (χ0n) is 12.3. The molecule has 25 heavy (non-hydrogen) atoms. The number of carboxylic acid groups (broad SMARTS) is 1. The zero-order valence-corrected chi connectivity index (χ0v) is 12.3. The maximum Gasteiger partial charge on any atom is 0.338 e. The van der Waals surface area contributed by atoms with E-state index in [-0.39, 0.29) is 5.56 Å². The number of nitro benzene ring substituents is 2. The fraction of sp³-hybridized carbons (Fsp3) is 0.0714. The van der Waals surface area contributed by atoms with Gasteiger partial charge in [-0.05, 0) is 6.07 Å². The summed E-state index contributed by atoms with van der Waals surface area (Å²) >= 11 is 0. The number of nitrogens with zero attached hydrogens (tertiary/aromatic N) is 2. The topological polar surface area (TPSA) is 144 Å². The lowest BCUT2D eigenvalue weighted by atomic mass is 10.2. The first-order valence-corrected chi connectivity index (χ1v) is 6.39. The number of aromatic carboxylic acids is 1. The number of carboxylic acids is 1. The van der Waals surface area contributed by atoms with E-state index in [9.17, 15) is 33.8 Å². The lowest BCUT2D eigenvalue weighted by molar-refractivity contribution is -0.387. The maximum absolute atomic E-state index is 13.0. The lowest BCUT2D eigenvalue weighted by Gasteiger charge is -1.97. The van der Waals surface area contributed by atoms with Crippen LogP contribution in [0.5, 0.6) is 0 Å². The molecule has 0 aliphatic heterocycles. The van der Waals surface area contributed by atoms with Crippen molar-refractivity contribution < 1.29 is 33.6 Å². The van der Waals surface area contributed by atoms with Crippen LogP contribution in [0.3, 0.4) is 0 Å². The van der Waals surface area contributed by atoms with Gasteiger partial charge in [0.1, 0.15) is 5.56 Å². The van der Waals surface area contributed by atoms with Gasteiger partial charge < -0.3 is 10.2 Å². The summed E-state index contributed by atoms with van der Waals surface area (Å²) in [5, 5.41) is 37.3. The molecule has 2 N–H and O–H groups in total. The highest BCUT2D eigenvalue weighted by Crippen LogP contribution is 2.20. The maximum atomic E-state index is 13.0. The highest BCUT2D eigenvalue weighted by Gasteiger charge is 2.20. The van der Waals surface area contributed by atoms with Gasteiger partial charge >= 0.3 is 17.3 Å². The molecule has 2 rings (SSSR count). The minimum Gasteiger partial charge on any atom is -0.478 e. The van der Waals surface area contributed by atoms with E-state index in [0.29, 0.717) is 0 Å². The zero-order chi connectivity index (χ0) is 19.1. The molecule has 0 aliphatic rings. The average Bonchev–Trinajstić information content (AvgIpc) is 2.55. The molecule has 2 aromatic carbocycles. The number of rotatable bonds is 4. The molecule has 0 radical (unpaired) electrons. The summed E-state index contributed by atoms with van der Waals surface area (Å²) in [4.78, 5) is 28.9. The lowest BCUT2D eigenvalue weighted by Crippen LogP contribution is -2.03. The summed E-state index contributed by atoms with van der Waals surface area (Å²) in [5.74, 6) is -3.81. The Morgan fingerprint density at radius 3 is 1.88 bits per heavy atom. The number of halogens is 2. The molecule has 0 unspecified atom stereocenters. The van der Waals surface area contributed by atoms with E-state index < -0.39 is 51.0 Å². The van der Waals surface area contributed by atoms with Crippen LogP contribution in [0.25, 0.3) is 0 Å². The number of hydrogen-bond acceptors (Lipinski definition) is 6. The van der Waals surface area contributed by atoms with Gasteiger partial charge in [-0.25, -0.2) is 4.79 Å². The van der Waals surface area contributed by atoms with Gasteiger partial charge in [-0.1, -0.05) is 18.2 Å². The molecule has 2 aromatic rings. The van der Waals surface area contributed by atoms with Gasteiger partial charge in [0.2, 0.25) is 11.6 Å². The number of benzene rings is 2. The van der Waals surface area contributed by atoms with E-state index in [4.69, 9.17) is 10.2 Å². The van der Waals surface area contributed by atoms with E-state index in [2.05, 4.69) is 0 Å². The monoisotopic (exact) mass is 356 g/mol. The van der Waals surface area contributed by atoms with Crippen molar-refractivity contribution in [1.82, 2.24) is 0 Å². The Hall–Kier alpha value is -3.47. The summed E-state index contributed by atoms with van der Waals surface area (Å²) in [6, 6.07) is 6.65. The number of aliphatic hydroxyl groups excluding tert-OH is 1. The predicted molar refractivity (Wildman–Crippen MR) is 79.0 cm³/mol. The molecule has 0 atom stereocenters. The summed E-state index contributed by atoms with van der Waals surface area (Å²) < 4.78 is 25.9. The van der Waals surface area contributed by atoms with Crippen molar-refractivity contribution in [1.29, 1.82) is 0 Å². The van der Waals surface area contributed by atoms with Gasteiger partial charge in [-0.2, -0.15) is 8.78 Å². The van der Waals surface area contributed by atoms with Crippen LogP contribution in [0, 0.1) is 31.9 Å². The van der Waals surface area contributed by atoms with Gasteiger partial charge in [0.15, 0.2) is 0 Å². The molecule has 0 aromatic heterocycles. The fourth-order valence-electron chi connectivity index (χ4n) is 1.66. The molecule has 132 valence electrons. The number of carbonyl (C=O) groups is 1. The van der Waals surface area contributed by atoms with Crippen molar-refractivity contribution in [2.24, 2.45) is 0 Å². The molecule has 0 saturated carbocycles. The highest BCUT2D eigenvalue weighted by molar-refractivity contribution is 5.88. The van der Waals surface area contributed by atoms with Gasteiger partial charge in [0, 0.05) is 17.7 Å². The van der Waals surface area contributed by atoms with Gasteiger partial charge in [-0.15, -0.1) is 0 Å². The summed E-state index contributed by atoms with van der Waals surface area (Å²) in [6.07, 6.45) is 0. The molecular weight excluding hydrogens is 346 g/mol. The van der Waals surface area contributed by atoms with Crippen molar-refractivity contribution in [3.8, 4) is 0 Å². The van der Waals surface area contributed by atoms with E-state index in [1.807, 2.05) is 0 Å². The second kappa shape index (κ2) is 8.40. The van der Waals surface area contributed by atoms with Gasteiger partial charge in [0.25, 0.3) is 0 Å². The average molecular weight is 356 g/mol. The molecule has 11 heteroatoms. The van der Waals surface area contributed by atoms with Crippen molar-refractivity contribution in [2.75, 3.05) is 0 Å². The molecule has 9 nitrogen and oxygen atoms in total. The summed E-state index contributed by atoms with van der Waals surface area (Å²) in [6.45, 7) is -0.534. The van der Waals surface area contributed by atoms with Crippen molar-refractivity contribution in [2.45, 2.75) is 6.61 Å². The Morgan fingerprint density at radius 1 is 0.960 bits per heavy atom. The van der Waals surface area contributed by atoms with Crippen LogP contribution in [0.1, 0.15) is 15.9 Å². The highest BCUT2D eigenvalue weighted by atomic mass is 19.1. The van der Waals surface area contributed by atoms with Crippen LogP contribution in [0.15, 0.2) is 36.4 Å². The van der Waals surface area contributed by atoms with Gasteiger partial charge in [-0.3, -0.25) is 20.2 Å². The third kappa shape index (κ3) is 4.75. The van der Waals surface area contributed by atoms with Crippen molar-refractivity contribution in [3.63, 3.8) is 0 Å². The third-order valence-electron chi connectivity index (χ3n) is 2.83. The second-order valence-electron chi connectivity index (χ2n) is 4.37. The normalized spacial score (nSPS) is 9.72.